The van der Waals surface area contributed by atoms with Crippen molar-refractivity contribution in [3.63, 3.8) is 0 Å². The summed E-state index contributed by atoms with van der Waals surface area (Å²) in [7, 11) is -1.80. The summed E-state index contributed by atoms with van der Waals surface area (Å²) in [4.78, 5) is 4.78. The fourth-order valence-corrected chi connectivity index (χ4v) is 2.53. The average Bonchev–Trinajstić information content (AvgIpc) is 2.47. The van der Waals surface area contributed by atoms with Crippen LogP contribution in [0.5, 0.6) is 0 Å². The van der Waals surface area contributed by atoms with Crippen LogP contribution >= 0.6 is 0 Å². The lowest BCUT2D eigenvalue weighted by molar-refractivity contribution is 0.00578. The first kappa shape index (κ1) is 14.5. The SMILES string of the molecule is CS(=O)c1ccnc(B2OC(C)(C)C(C)(C)O2)c1N. The van der Waals surface area contributed by atoms with Gasteiger partial charge >= 0.3 is 7.12 Å². The molecular weight excluding hydrogens is 263 g/mol. The van der Waals surface area contributed by atoms with Gasteiger partial charge in [0.05, 0.1) is 38.2 Å². The van der Waals surface area contributed by atoms with E-state index in [0.717, 1.165) is 0 Å². The average molecular weight is 282 g/mol. The van der Waals surface area contributed by atoms with Gasteiger partial charge in [-0.2, -0.15) is 0 Å². The Morgan fingerprint density at radius 3 is 2.26 bits per heavy atom. The molecule has 1 aliphatic heterocycles. The van der Waals surface area contributed by atoms with Crippen LogP contribution in [0.1, 0.15) is 27.7 Å². The lowest BCUT2D eigenvalue weighted by atomic mass is 9.83. The predicted octanol–water partition coefficient (Wildman–Crippen LogP) is 0.700. The van der Waals surface area contributed by atoms with Crippen LogP contribution in [0, 0.1) is 0 Å². The third-order valence-electron chi connectivity index (χ3n) is 3.77. The second-order valence-corrected chi connectivity index (χ2v) is 7.00. The lowest BCUT2D eigenvalue weighted by Crippen LogP contribution is -2.41. The van der Waals surface area contributed by atoms with E-state index in [-0.39, 0.29) is 0 Å². The molecule has 0 bridgehead atoms. The van der Waals surface area contributed by atoms with Crippen LogP contribution in [-0.2, 0) is 20.1 Å². The molecule has 0 spiro atoms. The number of hydrogen-bond donors (Lipinski definition) is 1. The highest BCUT2D eigenvalue weighted by molar-refractivity contribution is 7.84. The smallest absolute Gasteiger partial charge is 0.398 e. The highest BCUT2D eigenvalue weighted by Crippen LogP contribution is 2.36. The van der Waals surface area contributed by atoms with E-state index >= 15 is 0 Å². The molecule has 1 atom stereocenters. The van der Waals surface area contributed by atoms with E-state index in [2.05, 4.69) is 4.98 Å². The molecule has 2 N–H and O–H groups in total. The highest BCUT2D eigenvalue weighted by atomic mass is 32.2. The molecule has 5 nitrogen and oxygen atoms in total. The van der Waals surface area contributed by atoms with E-state index < -0.39 is 29.1 Å². The summed E-state index contributed by atoms with van der Waals surface area (Å²) in [6.07, 6.45) is 3.16. The Balaban J connectivity index is 2.40. The van der Waals surface area contributed by atoms with E-state index in [9.17, 15) is 4.21 Å². The molecule has 2 heterocycles. The minimum atomic E-state index is -1.17. The second kappa shape index (κ2) is 4.57. The van der Waals surface area contributed by atoms with Crippen molar-refractivity contribution >= 4 is 29.2 Å². The fourth-order valence-electron chi connectivity index (χ4n) is 1.86. The number of nitrogens with two attached hydrogens (primary N) is 1. The maximum atomic E-state index is 11.6. The summed E-state index contributed by atoms with van der Waals surface area (Å²) >= 11 is 0. The summed E-state index contributed by atoms with van der Waals surface area (Å²) < 4.78 is 23.4. The van der Waals surface area contributed by atoms with Gasteiger partial charge in [0, 0.05) is 12.5 Å². The van der Waals surface area contributed by atoms with E-state index in [0.29, 0.717) is 16.2 Å². The Bertz CT molecular complexity index is 518. The van der Waals surface area contributed by atoms with Crippen molar-refractivity contribution in [3.8, 4) is 0 Å². The van der Waals surface area contributed by atoms with Gasteiger partial charge in [0.1, 0.15) is 0 Å². The molecule has 0 radical (unpaired) electrons. The molecule has 2 rings (SSSR count). The molecule has 1 aromatic heterocycles. The first-order valence-corrected chi connectivity index (χ1v) is 7.65. The summed E-state index contributed by atoms with van der Waals surface area (Å²) in [5.41, 5.74) is 5.99. The number of aromatic nitrogens is 1. The van der Waals surface area contributed by atoms with Crippen molar-refractivity contribution in [2.24, 2.45) is 0 Å². The summed E-state index contributed by atoms with van der Waals surface area (Å²) in [5, 5.41) is 0. The minimum absolute atomic E-state index is 0.377. The maximum Gasteiger partial charge on any atom is 0.516 e. The van der Waals surface area contributed by atoms with E-state index in [4.69, 9.17) is 15.0 Å². The van der Waals surface area contributed by atoms with Crippen molar-refractivity contribution in [1.82, 2.24) is 4.98 Å². The van der Waals surface area contributed by atoms with Crippen LogP contribution in [0.25, 0.3) is 0 Å². The summed E-state index contributed by atoms with van der Waals surface area (Å²) in [6, 6.07) is 1.65. The van der Waals surface area contributed by atoms with Gasteiger partial charge < -0.3 is 15.0 Å². The van der Waals surface area contributed by atoms with Crippen molar-refractivity contribution in [2.75, 3.05) is 12.0 Å². The van der Waals surface area contributed by atoms with Crippen LogP contribution in [0.4, 0.5) is 5.69 Å². The molecule has 1 fully saturated rings. The van der Waals surface area contributed by atoms with Gasteiger partial charge in [-0.15, -0.1) is 0 Å². The molecule has 1 unspecified atom stereocenters. The molecule has 0 aliphatic carbocycles. The van der Waals surface area contributed by atoms with Crippen LogP contribution in [0.3, 0.4) is 0 Å². The largest absolute Gasteiger partial charge is 0.516 e. The molecule has 0 aromatic carbocycles. The van der Waals surface area contributed by atoms with Crippen LogP contribution in [0.15, 0.2) is 17.2 Å². The summed E-state index contributed by atoms with van der Waals surface area (Å²) in [5.74, 6) is 0. The van der Waals surface area contributed by atoms with Gasteiger partial charge in [-0.1, -0.05) is 0 Å². The summed E-state index contributed by atoms with van der Waals surface area (Å²) in [6.45, 7) is 7.85. The molecule has 19 heavy (non-hydrogen) atoms. The monoisotopic (exact) mass is 282 g/mol. The maximum absolute atomic E-state index is 11.6. The van der Waals surface area contributed by atoms with Gasteiger partial charge in [0.2, 0.25) is 0 Å². The Labute approximate surface area is 116 Å². The first-order valence-electron chi connectivity index (χ1n) is 6.09. The Kier molecular flexibility index (Phi) is 3.49. The standard InChI is InChI=1S/C12H19BN2O3S/c1-11(2)12(3,4)18-13(17-11)10-9(14)8(19(5)16)6-7-15-10/h6-7H,14H2,1-5H3. The van der Waals surface area contributed by atoms with Crippen LogP contribution < -0.4 is 11.3 Å². The third-order valence-corrected chi connectivity index (χ3v) is 4.74. The molecule has 1 aromatic rings. The van der Waals surface area contributed by atoms with Crippen molar-refractivity contribution < 1.29 is 13.5 Å². The highest BCUT2D eigenvalue weighted by Gasteiger charge is 2.53. The molecule has 7 heteroatoms. The Hall–Kier alpha value is -0.915. The van der Waals surface area contributed by atoms with Gasteiger partial charge in [-0.05, 0) is 33.8 Å². The molecule has 104 valence electrons. The van der Waals surface area contributed by atoms with E-state index in [1.807, 2.05) is 27.7 Å². The molecule has 0 amide bonds. The zero-order chi connectivity index (χ0) is 14.4. The van der Waals surface area contributed by atoms with E-state index in [1.54, 1.807) is 18.5 Å². The van der Waals surface area contributed by atoms with Gasteiger partial charge in [0.15, 0.2) is 0 Å². The van der Waals surface area contributed by atoms with Gasteiger partial charge in [0.25, 0.3) is 0 Å². The first-order chi connectivity index (χ1) is 8.66. The molecular formula is C12H19BN2O3S. The number of pyridine rings is 1. The number of nitrogen functional groups attached to an aromatic ring is 1. The second-order valence-electron chi connectivity index (χ2n) is 5.65. The number of rotatable bonds is 2. The zero-order valence-electron chi connectivity index (χ0n) is 11.9. The third kappa shape index (κ3) is 2.42. The fraction of sp³-hybridized carbons (Fsp3) is 0.583. The Morgan fingerprint density at radius 1 is 1.26 bits per heavy atom. The minimum Gasteiger partial charge on any atom is -0.398 e. The zero-order valence-corrected chi connectivity index (χ0v) is 12.7. The Morgan fingerprint density at radius 2 is 1.79 bits per heavy atom. The van der Waals surface area contributed by atoms with Crippen molar-refractivity contribution in [3.05, 3.63) is 12.3 Å². The van der Waals surface area contributed by atoms with E-state index in [1.165, 1.54) is 0 Å². The van der Waals surface area contributed by atoms with Gasteiger partial charge in [-0.25, -0.2) is 0 Å². The van der Waals surface area contributed by atoms with Crippen molar-refractivity contribution in [2.45, 2.75) is 43.8 Å². The molecule has 1 aliphatic rings. The topological polar surface area (TPSA) is 74.4 Å². The lowest BCUT2D eigenvalue weighted by Gasteiger charge is -2.32. The van der Waals surface area contributed by atoms with Crippen molar-refractivity contribution in [1.29, 1.82) is 0 Å². The van der Waals surface area contributed by atoms with Crippen LogP contribution in [-0.4, -0.2) is 33.8 Å². The van der Waals surface area contributed by atoms with Gasteiger partial charge in [-0.3, -0.25) is 9.19 Å². The number of nitrogens with zero attached hydrogens (tertiary/aromatic N) is 1. The quantitative estimate of drug-likeness (QED) is 0.808. The molecule has 1 saturated heterocycles. The normalized spacial score (nSPS) is 22.5. The van der Waals surface area contributed by atoms with Crippen LogP contribution in [0.2, 0.25) is 0 Å². The predicted molar refractivity (Wildman–Crippen MR) is 76.7 cm³/mol. The molecule has 0 saturated carbocycles. The number of hydrogen-bond acceptors (Lipinski definition) is 5. The number of anilines is 1.